The number of nitrogens with one attached hydrogen (secondary N) is 2. The van der Waals surface area contributed by atoms with Crippen LogP contribution in [0.4, 0.5) is 0 Å². The van der Waals surface area contributed by atoms with Gasteiger partial charge >= 0.3 is 0 Å². The summed E-state index contributed by atoms with van der Waals surface area (Å²) in [6.45, 7) is 7.67. The number of aromatic amines is 1. The summed E-state index contributed by atoms with van der Waals surface area (Å²) in [7, 11) is -3.04. The summed E-state index contributed by atoms with van der Waals surface area (Å²) in [6.07, 6.45) is 0.527. The molecule has 0 saturated carbocycles. The first kappa shape index (κ1) is 20.6. The summed E-state index contributed by atoms with van der Waals surface area (Å²) < 4.78 is 25.5. The molecule has 1 aliphatic heterocycles. The van der Waals surface area contributed by atoms with Crippen molar-refractivity contribution in [3.05, 3.63) is 47.0 Å². The molecule has 9 heteroatoms. The van der Waals surface area contributed by atoms with E-state index >= 15 is 0 Å². The van der Waals surface area contributed by atoms with E-state index in [1.807, 2.05) is 45.0 Å². The highest BCUT2D eigenvalue weighted by molar-refractivity contribution is 7.91. The highest BCUT2D eigenvalue weighted by Crippen LogP contribution is 2.28. The van der Waals surface area contributed by atoms with Gasteiger partial charge in [-0.2, -0.15) is 5.10 Å². The minimum Gasteiger partial charge on any atom is -0.342 e. The average Bonchev–Trinajstić information content (AvgIpc) is 3.34. The molecule has 30 heavy (non-hydrogen) atoms. The Hall–Kier alpha value is -2.68. The third-order valence-electron chi connectivity index (χ3n) is 5.76. The molecule has 160 valence electrons. The van der Waals surface area contributed by atoms with Gasteiger partial charge < -0.3 is 10.3 Å². The summed E-state index contributed by atoms with van der Waals surface area (Å²) in [4.78, 5) is 21.2. The van der Waals surface area contributed by atoms with Gasteiger partial charge in [0, 0.05) is 5.69 Å². The molecule has 4 rings (SSSR count). The second kappa shape index (κ2) is 7.54. The first-order valence-electron chi connectivity index (χ1n) is 10.2. The summed E-state index contributed by atoms with van der Waals surface area (Å²) in [5, 5.41) is 7.61. The van der Waals surface area contributed by atoms with Crippen molar-refractivity contribution in [1.29, 1.82) is 0 Å². The lowest BCUT2D eigenvalue weighted by molar-refractivity contribution is 0.0922. The molecular formula is C21H27N5O3S. The second-order valence-electron chi connectivity index (χ2n) is 8.38. The monoisotopic (exact) mass is 429 g/mol. The fourth-order valence-electron chi connectivity index (χ4n) is 4.20. The highest BCUT2D eigenvalue weighted by Gasteiger charge is 2.33. The molecule has 1 unspecified atom stereocenters. The van der Waals surface area contributed by atoms with Crippen LogP contribution in [-0.2, 0) is 9.84 Å². The maximum absolute atomic E-state index is 13.2. The minimum atomic E-state index is -3.04. The fraction of sp³-hybridized carbons (Fsp3) is 0.476. The number of nitrogens with zero attached hydrogens (tertiary/aromatic N) is 3. The average molecular weight is 430 g/mol. The predicted molar refractivity (Wildman–Crippen MR) is 115 cm³/mol. The van der Waals surface area contributed by atoms with Crippen LogP contribution in [0.15, 0.2) is 24.3 Å². The Labute approximate surface area is 176 Å². The number of fused-ring (bicyclic) bond motifs is 1. The van der Waals surface area contributed by atoms with E-state index in [0.717, 1.165) is 11.0 Å². The van der Waals surface area contributed by atoms with Gasteiger partial charge in [0.15, 0.2) is 9.84 Å². The largest absolute Gasteiger partial charge is 0.342 e. The van der Waals surface area contributed by atoms with E-state index in [4.69, 9.17) is 0 Å². The number of imidazole rings is 1. The smallest absolute Gasteiger partial charge is 0.255 e. The molecule has 0 aliphatic carbocycles. The molecule has 3 heterocycles. The molecule has 0 radical (unpaired) electrons. The zero-order chi connectivity index (χ0) is 21.6. The Kier molecular flexibility index (Phi) is 5.17. The summed E-state index contributed by atoms with van der Waals surface area (Å²) in [6, 6.07) is 7.25. The van der Waals surface area contributed by atoms with Crippen LogP contribution < -0.4 is 5.32 Å². The van der Waals surface area contributed by atoms with Crippen LogP contribution in [0.25, 0.3) is 11.0 Å². The molecular weight excluding hydrogens is 402 g/mol. The van der Waals surface area contributed by atoms with Gasteiger partial charge in [0.2, 0.25) is 0 Å². The maximum atomic E-state index is 13.2. The SMILES string of the molecule is Cc1nn(C2CCS(=O)(=O)C2)c(C)c1C(=O)N[C@H](c1nc2ccccc2[nH]1)C(C)C. The number of amides is 1. The van der Waals surface area contributed by atoms with Crippen molar-refractivity contribution >= 4 is 26.8 Å². The predicted octanol–water partition coefficient (Wildman–Crippen LogP) is 2.86. The van der Waals surface area contributed by atoms with E-state index in [1.54, 1.807) is 11.6 Å². The molecule has 8 nitrogen and oxygen atoms in total. The topological polar surface area (TPSA) is 110 Å². The van der Waals surface area contributed by atoms with Crippen LogP contribution in [0.2, 0.25) is 0 Å². The number of aryl methyl sites for hydroxylation is 1. The van der Waals surface area contributed by atoms with Gasteiger partial charge in [0.1, 0.15) is 5.82 Å². The Bertz CT molecular complexity index is 1180. The quantitative estimate of drug-likeness (QED) is 0.648. The van der Waals surface area contributed by atoms with Gasteiger partial charge in [0.05, 0.1) is 45.9 Å². The number of rotatable bonds is 5. The van der Waals surface area contributed by atoms with Crippen molar-refractivity contribution in [2.45, 2.75) is 46.2 Å². The number of H-pyrrole nitrogens is 1. The highest BCUT2D eigenvalue weighted by atomic mass is 32.2. The number of carbonyl (C=O) groups is 1. The Balaban J connectivity index is 1.62. The molecule has 1 aliphatic rings. The molecule has 2 aromatic heterocycles. The Morgan fingerprint density at radius 3 is 2.63 bits per heavy atom. The Morgan fingerprint density at radius 1 is 1.27 bits per heavy atom. The van der Waals surface area contributed by atoms with Crippen molar-refractivity contribution < 1.29 is 13.2 Å². The van der Waals surface area contributed by atoms with E-state index in [1.165, 1.54) is 0 Å². The van der Waals surface area contributed by atoms with Crippen molar-refractivity contribution in [1.82, 2.24) is 25.1 Å². The van der Waals surface area contributed by atoms with Crippen LogP contribution in [-0.4, -0.2) is 45.6 Å². The molecule has 1 saturated heterocycles. The van der Waals surface area contributed by atoms with Gasteiger partial charge in [-0.15, -0.1) is 0 Å². The zero-order valence-electron chi connectivity index (χ0n) is 17.6. The van der Waals surface area contributed by atoms with Gasteiger partial charge in [-0.1, -0.05) is 26.0 Å². The molecule has 1 aromatic carbocycles. The number of carbonyl (C=O) groups excluding carboxylic acids is 1. The van der Waals surface area contributed by atoms with Gasteiger partial charge in [0.25, 0.3) is 5.91 Å². The third kappa shape index (κ3) is 3.74. The van der Waals surface area contributed by atoms with Crippen LogP contribution >= 0.6 is 0 Å². The lowest BCUT2D eigenvalue weighted by atomic mass is 10.0. The summed E-state index contributed by atoms with van der Waals surface area (Å²) in [5.41, 5.74) is 3.58. The van der Waals surface area contributed by atoms with Gasteiger partial charge in [-0.3, -0.25) is 9.48 Å². The first-order valence-corrected chi connectivity index (χ1v) is 12.0. The zero-order valence-corrected chi connectivity index (χ0v) is 18.5. The lowest BCUT2D eigenvalue weighted by Crippen LogP contribution is -2.33. The summed E-state index contributed by atoms with van der Waals surface area (Å²) >= 11 is 0. The number of para-hydroxylation sites is 2. The number of aromatic nitrogens is 4. The van der Waals surface area contributed by atoms with Gasteiger partial charge in [-0.25, -0.2) is 13.4 Å². The van der Waals surface area contributed by atoms with Crippen LogP contribution in [0.5, 0.6) is 0 Å². The maximum Gasteiger partial charge on any atom is 0.255 e. The van der Waals surface area contributed by atoms with E-state index in [2.05, 4.69) is 20.4 Å². The van der Waals surface area contributed by atoms with E-state index in [-0.39, 0.29) is 35.4 Å². The molecule has 3 aromatic rings. The first-order chi connectivity index (χ1) is 14.2. The van der Waals surface area contributed by atoms with E-state index in [0.29, 0.717) is 29.2 Å². The number of hydrogen-bond acceptors (Lipinski definition) is 5. The van der Waals surface area contributed by atoms with Crippen molar-refractivity contribution in [2.24, 2.45) is 5.92 Å². The summed E-state index contributed by atoms with van der Waals surface area (Å²) in [5.74, 6) is 0.841. The minimum absolute atomic E-state index is 0.0730. The van der Waals surface area contributed by atoms with Gasteiger partial charge in [-0.05, 0) is 38.3 Å². The van der Waals surface area contributed by atoms with E-state index in [9.17, 15) is 13.2 Å². The molecule has 2 atom stereocenters. The van der Waals surface area contributed by atoms with Crippen LogP contribution in [0.3, 0.4) is 0 Å². The van der Waals surface area contributed by atoms with Crippen LogP contribution in [0.1, 0.15) is 59.9 Å². The normalized spacial score (nSPS) is 19.4. The fourth-order valence-corrected chi connectivity index (χ4v) is 5.89. The molecule has 1 fully saturated rings. The van der Waals surface area contributed by atoms with Crippen LogP contribution in [0, 0.1) is 19.8 Å². The van der Waals surface area contributed by atoms with Crippen molar-refractivity contribution in [3.8, 4) is 0 Å². The lowest BCUT2D eigenvalue weighted by Gasteiger charge is -2.20. The number of hydrogen-bond donors (Lipinski definition) is 2. The number of benzene rings is 1. The van der Waals surface area contributed by atoms with Crippen molar-refractivity contribution in [3.63, 3.8) is 0 Å². The third-order valence-corrected chi connectivity index (χ3v) is 7.51. The standard InChI is InChI=1S/C21H27N5O3S/c1-12(2)19(20-22-16-7-5-6-8-17(16)23-20)24-21(27)18-13(3)25-26(14(18)4)15-9-10-30(28,29)11-15/h5-8,12,15,19H,9-11H2,1-4H3,(H,22,23)(H,24,27)/t15?,19-/m0/s1. The van der Waals surface area contributed by atoms with Crippen molar-refractivity contribution in [2.75, 3.05) is 11.5 Å². The molecule has 1 amide bonds. The second-order valence-corrected chi connectivity index (χ2v) is 10.6. The van der Waals surface area contributed by atoms with E-state index < -0.39 is 9.84 Å². The Morgan fingerprint density at radius 2 is 2.00 bits per heavy atom. The molecule has 0 spiro atoms. The molecule has 2 N–H and O–H groups in total. The molecule has 0 bridgehead atoms. The number of sulfone groups is 1.